The first kappa shape index (κ1) is 25.4. The van der Waals surface area contributed by atoms with Crippen molar-refractivity contribution in [1.29, 1.82) is 0 Å². The smallest absolute Gasteiger partial charge is 0.137 e. The highest BCUT2D eigenvalue weighted by Gasteiger charge is 2.27. The van der Waals surface area contributed by atoms with Gasteiger partial charge in [-0.2, -0.15) is 5.10 Å². The summed E-state index contributed by atoms with van der Waals surface area (Å²) in [6.45, 7) is 14.6. The summed E-state index contributed by atoms with van der Waals surface area (Å²) in [6.07, 6.45) is 1.95. The maximum atomic E-state index is 13.7. The van der Waals surface area contributed by atoms with Gasteiger partial charge in [-0.3, -0.25) is 4.90 Å². The number of hydrogen-bond acceptors (Lipinski definition) is 4. The molecule has 0 spiro atoms. The molecule has 35 heavy (non-hydrogen) atoms. The molecule has 0 saturated carbocycles. The number of nitrogens with zero attached hydrogens (tertiary/aromatic N) is 5. The van der Waals surface area contributed by atoms with Gasteiger partial charge in [0.05, 0.1) is 11.4 Å². The summed E-state index contributed by atoms with van der Waals surface area (Å²) in [5, 5.41) is 5.09. The standard InChI is InChI=1S/C29H40FN5/c1-6-23(4)34(20-24-10-8-22(3)9-11-24)21-27-28(7-2)31-35(26-14-12-25(30)13-15-26)29(27)33-18-16-32(5)17-19-33/h8-15,23H,6-7,16-21H2,1-5H3. The Kier molecular flexibility index (Phi) is 8.24. The minimum absolute atomic E-state index is 0.223. The molecule has 1 fully saturated rings. The summed E-state index contributed by atoms with van der Waals surface area (Å²) in [4.78, 5) is 7.43. The van der Waals surface area contributed by atoms with Crippen molar-refractivity contribution in [1.82, 2.24) is 19.6 Å². The topological polar surface area (TPSA) is 27.5 Å². The van der Waals surface area contributed by atoms with Gasteiger partial charge in [0, 0.05) is 50.9 Å². The third-order valence-electron chi connectivity index (χ3n) is 7.33. The van der Waals surface area contributed by atoms with Gasteiger partial charge in [-0.25, -0.2) is 9.07 Å². The second kappa shape index (κ2) is 11.4. The number of aromatic nitrogens is 2. The van der Waals surface area contributed by atoms with E-state index in [0.717, 1.165) is 63.5 Å². The lowest BCUT2D eigenvalue weighted by Crippen LogP contribution is -2.45. The summed E-state index contributed by atoms with van der Waals surface area (Å²) in [5.74, 6) is 0.942. The monoisotopic (exact) mass is 477 g/mol. The van der Waals surface area contributed by atoms with Crippen LogP contribution in [0.15, 0.2) is 48.5 Å². The van der Waals surface area contributed by atoms with Crippen LogP contribution in [0.5, 0.6) is 0 Å². The van der Waals surface area contributed by atoms with Crippen molar-refractivity contribution >= 4 is 5.82 Å². The van der Waals surface area contributed by atoms with Crippen molar-refractivity contribution in [3.63, 3.8) is 0 Å². The maximum Gasteiger partial charge on any atom is 0.137 e. The van der Waals surface area contributed by atoms with Crippen molar-refractivity contribution in [2.75, 3.05) is 38.1 Å². The molecular formula is C29H40FN5. The Hall–Kier alpha value is -2.70. The van der Waals surface area contributed by atoms with Gasteiger partial charge in [0.1, 0.15) is 11.6 Å². The van der Waals surface area contributed by atoms with E-state index in [1.165, 1.54) is 34.6 Å². The fourth-order valence-corrected chi connectivity index (χ4v) is 4.79. The van der Waals surface area contributed by atoms with Crippen LogP contribution in [0, 0.1) is 12.7 Å². The van der Waals surface area contributed by atoms with Crippen molar-refractivity contribution in [2.24, 2.45) is 0 Å². The highest BCUT2D eigenvalue weighted by molar-refractivity contribution is 5.56. The van der Waals surface area contributed by atoms with Gasteiger partial charge in [-0.05, 0) is 63.6 Å². The SMILES string of the molecule is CCc1nn(-c2ccc(F)cc2)c(N2CCN(C)CC2)c1CN(Cc1ccc(C)cc1)C(C)CC. The van der Waals surface area contributed by atoms with Gasteiger partial charge in [0.15, 0.2) is 0 Å². The summed E-state index contributed by atoms with van der Waals surface area (Å²) in [6, 6.07) is 16.1. The summed E-state index contributed by atoms with van der Waals surface area (Å²) < 4.78 is 15.8. The van der Waals surface area contributed by atoms with Crippen molar-refractivity contribution < 1.29 is 4.39 Å². The first-order chi connectivity index (χ1) is 16.9. The number of benzene rings is 2. The van der Waals surface area contributed by atoms with Gasteiger partial charge in [-0.15, -0.1) is 0 Å². The van der Waals surface area contributed by atoms with Gasteiger partial charge in [0.2, 0.25) is 0 Å². The van der Waals surface area contributed by atoms with Crippen LogP contribution >= 0.6 is 0 Å². The minimum atomic E-state index is -0.223. The van der Waals surface area contributed by atoms with Crippen molar-refractivity contribution in [2.45, 2.75) is 59.7 Å². The molecule has 188 valence electrons. The average molecular weight is 478 g/mol. The molecule has 0 bridgehead atoms. The Bertz CT molecular complexity index is 1080. The Balaban J connectivity index is 1.76. The zero-order valence-electron chi connectivity index (χ0n) is 22.0. The lowest BCUT2D eigenvalue weighted by molar-refractivity contribution is 0.185. The highest BCUT2D eigenvalue weighted by Crippen LogP contribution is 2.31. The van der Waals surface area contributed by atoms with Crippen LogP contribution in [0.3, 0.4) is 0 Å². The first-order valence-corrected chi connectivity index (χ1v) is 13.0. The van der Waals surface area contributed by atoms with E-state index in [0.29, 0.717) is 6.04 Å². The maximum absolute atomic E-state index is 13.7. The van der Waals surface area contributed by atoms with Crippen LogP contribution in [-0.2, 0) is 19.5 Å². The minimum Gasteiger partial charge on any atom is -0.354 e. The lowest BCUT2D eigenvalue weighted by Gasteiger charge is -2.36. The predicted octanol–water partition coefficient (Wildman–Crippen LogP) is 5.43. The third kappa shape index (κ3) is 5.93. The molecule has 1 unspecified atom stereocenters. The molecule has 0 aliphatic carbocycles. The molecule has 2 aromatic carbocycles. The second-order valence-electron chi connectivity index (χ2n) is 9.93. The molecule has 5 nitrogen and oxygen atoms in total. The van der Waals surface area contributed by atoms with Crippen molar-refractivity contribution in [3.05, 3.63) is 76.7 Å². The lowest BCUT2D eigenvalue weighted by atomic mass is 10.1. The predicted molar refractivity (Wildman–Crippen MR) is 143 cm³/mol. The molecule has 6 heteroatoms. The molecule has 2 heterocycles. The molecule has 0 N–H and O–H groups in total. The quantitative estimate of drug-likeness (QED) is 0.410. The molecule has 0 radical (unpaired) electrons. The molecule has 3 aromatic rings. The zero-order valence-corrected chi connectivity index (χ0v) is 22.0. The summed E-state index contributed by atoms with van der Waals surface area (Å²) in [7, 11) is 2.18. The molecule has 4 rings (SSSR count). The van der Waals surface area contributed by atoms with Crippen LogP contribution in [0.1, 0.15) is 49.6 Å². The van der Waals surface area contributed by atoms with Gasteiger partial charge in [0.25, 0.3) is 0 Å². The highest BCUT2D eigenvalue weighted by atomic mass is 19.1. The number of anilines is 1. The van der Waals surface area contributed by atoms with Gasteiger partial charge >= 0.3 is 0 Å². The molecule has 1 aliphatic rings. The Morgan fingerprint density at radius 3 is 2.20 bits per heavy atom. The Labute approximate surface area is 210 Å². The summed E-state index contributed by atoms with van der Waals surface area (Å²) in [5.41, 5.74) is 5.96. The fourth-order valence-electron chi connectivity index (χ4n) is 4.79. The molecule has 0 amide bonds. The van der Waals surface area contributed by atoms with Crippen molar-refractivity contribution in [3.8, 4) is 5.69 Å². The van der Waals surface area contributed by atoms with E-state index in [2.05, 4.69) is 78.4 Å². The van der Waals surface area contributed by atoms with Crippen LogP contribution in [0.25, 0.3) is 5.69 Å². The second-order valence-corrected chi connectivity index (χ2v) is 9.93. The number of aryl methyl sites for hydroxylation is 2. The number of halogens is 1. The Morgan fingerprint density at radius 1 is 0.943 bits per heavy atom. The zero-order chi connectivity index (χ0) is 24.9. The Morgan fingerprint density at radius 2 is 1.60 bits per heavy atom. The van der Waals surface area contributed by atoms with E-state index >= 15 is 0 Å². The normalized spacial score (nSPS) is 15.7. The molecule has 1 aromatic heterocycles. The molecule has 1 atom stereocenters. The van der Waals surface area contributed by atoms with E-state index in [4.69, 9.17) is 5.10 Å². The van der Waals surface area contributed by atoms with Crippen LogP contribution in [0.2, 0.25) is 0 Å². The molecular weight excluding hydrogens is 437 g/mol. The first-order valence-electron chi connectivity index (χ1n) is 13.0. The largest absolute Gasteiger partial charge is 0.354 e. The number of hydrogen-bond donors (Lipinski definition) is 0. The number of likely N-dealkylation sites (N-methyl/N-ethyl adjacent to an activating group) is 1. The van der Waals surface area contributed by atoms with E-state index in [1.54, 1.807) is 0 Å². The van der Waals surface area contributed by atoms with E-state index in [-0.39, 0.29) is 5.82 Å². The number of piperazine rings is 1. The fraction of sp³-hybridized carbons (Fsp3) is 0.483. The third-order valence-corrected chi connectivity index (χ3v) is 7.33. The van der Waals surface area contributed by atoms with Crippen LogP contribution < -0.4 is 4.90 Å². The number of rotatable bonds is 9. The van der Waals surface area contributed by atoms with E-state index in [9.17, 15) is 4.39 Å². The summed E-state index contributed by atoms with van der Waals surface area (Å²) >= 11 is 0. The average Bonchev–Trinajstić information content (AvgIpc) is 3.23. The van der Waals surface area contributed by atoms with E-state index < -0.39 is 0 Å². The van der Waals surface area contributed by atoms with E-state index in [1.807, 2.05) is 12.1 Å². The van der Waals surface area contributed by atoms with Gasteiger partial charge < -0.3 is 9.80 Å². The molecule has 1 aliphatic heterocycles. The van der Waals surface area contributed by atoms with Crippen LogP contribution in [-0.4, -0.2) is 58.8 Å². The van der Waals surface area contributed by atoms with Crippen LogP contribution in [0.4, 0.5) is 10.2 Å². The van der Waals surface area contributed by atoms with Gasteiger partial charge in [-0.1, -0.05) is 43.7 Å². The molecule has 1 saturated heterocycles.